The van der Waals surface area contributed by atoms with Crippen LogP contribution in [0.2, 0.25) is 0 Å². The molecule has 13 heavy (non-hydrogen) atoms. The van der Waals surface area contributed by atoms with Crippen molar-refractivity contribution < 1.29 is 4.79 Å². The third-order valence-corrected chi connectivity index (χ3v) is 3.25. The number of rotatable bonds is 2. The summed E-state index contributed by atoms with van der Waals surface area (Å²) in [6.45, 7) is 0. The third-order valence-electron chi connectivity index (χ3n) is 1.93. The Bertz CT molecular complexity index is 435. The fourth-order valence-electron chi connectivity index (χ4n) is 1.29. The second kappa shape index (κ2) is 3.48. The minimum Gasteiger partial charge on any atom is -0.301 e. The molecule has 1 nitrogen and oxygen atoms in total. The minimum atomic E-state index is -0.517. The second-order valence-electron chi connectivity index (χ2n) is 2.73. The zero-order valence-corrected chi connectivity index (χ0v) is 8.31. The number of hydrogen-bond acceptors (Lipinski definition) is 2. The smallest absolute Gasteiger partial charge is 0.142 e. The number of aldehydes is 1. The number of carbonyl (C=O) groups is 1. The van der Waals surface area contributed by atoms with E-state index >= 15 is 0 Å². The SMILES string of the molecule is O=CC(Cl)c1csc2ccccc12. The molecule has 0 spiro atoms. The van der Waals surface area contributed by atoms with E-state index in [1.807, 2.05) is 29.6 Å². The molecule has 1 aromatic carbocycles. The summed E-state index contributed by atoms with van der Waals surface area (Å²) in [6.07, 6.45) is 0.760. The second-order valence-corrected chi connectivity index (χ2v) is 4.11. The van der Waals surface area contributed by atoms with Crippen molar-refractivity contribution in [1.29, 1.82) is 0 Å². The van der Waals surface area contributed by atoms with Gasteiger partial charge in [-0.15, -0.1) is 22.9 Å². The fourth-order valence-corrected chi connectivity index (χ4v) is 2.54. The van der Waals surface area contributed by atoms with Gasteiger partial charge in [-0.05, 0) is 22.4 Å². The van der Waals surface area contributed by atoms with Crippen molar-refractivity contribution in [3.8, 4) is 0 Å². The predicted octanol–water partition coefficient (Wildman–Crippen LogP) is 3.38. The maximum absolute atomic E-state index is 10.5. The summed E-state index contributed by atoms with van der Waals surface area (Å²) in [6, 6.07) is 7.94. The van der Waals surface area contributed by atoms with E-state index in [0.717, 1.165) is 17.2 Å². The van der Waals surface area contributed by atoms with Crippen LogP contribution in [-0.4, -0.2) is 6.29 Å². The number of carbonyl (C=O) groups excluding carboxylic acids is 1. The van der Waals surface area contributed by atoms with Gasteiger partial charge in [-0.25, -0.2) is 0 Å². The largest absolute Gasteiger partial charge is 0.301 e. The monoisotopic (exact) mass is 210 g/mol. The molecule has 0 aliphatic heterocycles. The summed E-state index contributed by atoms with van der Waals surface area (Å²) < 4.78 is 1.17. The summed E-state index contributed by atoms with van der Waals surface area (Å²) in [5.41, 5.74) is 0.914. The molecule has 0 radical (unpaired) electrons. The van der Waals surface area contributed by atoms with Gasteiger partial charge in [0, 0.05) is 4.70 Å². The molecule has 3 heteroatoms. The Balaban J connectivity index is 2.64. The highest BCUT2D eigenvalue weighted by atomic mass is 35.5. The number of hydrogen-bond donors (Lipinski definition) is 0. The number of thiophene rings is 1. The van der Waals surface area contributed by atoms with Crippen molar-refractivity contribution in [3.05, 3.63) is 35.2 Å². The molecular weight excluding hydrogens is 204 g/mol. The summed E-state index contributed by atoms with van der Waals surface area (Å²) in [5, 5.41) is 2.51. The summed E-state index contributed by atoms with van der Waals surface area (Å²) in [4.78, 5) is 10.5. The fraction of sp³-hybridized carbons (Fsp3) is 0.100. The van der Waals surface area contributed by atoms with Crippen LogP contribution in [0.15, 0.2) is 29.6 Å². The van der Waals surface area contributed by atoms with Crippen molar-refractivity contribution in [2.24, 2.45) is 0 Å². The van der Waals surface area contributed by atoms with Gasteiger partial charge in [-0.3, -0.25) is 0 Å². The number of alkyl halides is 1. The molecular formula is C10H7ClOS. The highest BCUT2D eigenvalue weighted by Crippen LogP contribution is 2.31. The number of fused-ring (bicyclic) bond motifs is 1. The van der Waals surface area contributed by atoms with Crippen LogP contribution in [0.25, 0.3) is 10.1 Å². The predicted molar refractivity (Wildman–Crippen MR) is 56.5 cm³/mol. The maximum Gasteiger partial charge on any atom is 0.142 e. The Labute approximate surface area is 84.9 Å². The third kappa shape index (κ3) is 1.47. The van der Waals surface area contributed by atoms with E-state index in [1.165, 1.54) is 4.70 Å². The molecule has 0 fully saturated rings. The van der Waals surface area contributed by atoms with Gasteiger partial charge in [0.2, 0.25) is 0 Å². The van der Waals surface area contributed by atoms with Crippen molar-refractivity contribution >= 4 is 39.3 Å². The maximum atomic E-state index is 10.5. The van der Waals surface area contributed by atoms with Gasteiger partial charge < -0.3 is 4.79 Å². The van der Waals surface area contributed by atoms with Crippen LogP contribution in [-0.2, 0) is 4.79 Å². The van der Waals surface area contributed by atoms with Gasteiger partial charge in [0.15, 0.2) is 0 Å². The average Bonchev–Trinajstić information content (AvgIpc) is 2.60. The lowest BCUT2D eigenvalue weighted by Crippen LogP contribution is -1.88. The first-order chi connectivity index (χ1) is 6.33. The Hall–Kier alpha value is -0.860. The highest BCUT2D eigenvalue weighted by Gasteiger charge is 2.11. The molecule has 66 valence electrons. The number of halogens is 1. The van der Waals surface area contributed by atoms with Crippen LogP contribution in [0.5, 0.6) is 0 Å². The van der Waals surface area contributed by atoms with Crippen molar-refractivity contribution in [2.45, 2.75) is 5.38 Å². The van der Waals surface area contributed by atoms with Crippen LogP contribution in [0.1, 0.15) is 10.9 Å². The molecule has 0 saturated carbocycles. The Kier molecular flexibility index (Phi) is 2.34. The van der Waals surface area contributed by atoms with Crippen LogP contribution in [0, 0.1) is 0 Å². The molecule has 0 N–H and O–H groups in total. The Morgan fingerprint density at radius 2 is 2.15 bits per heavy atom. The normalized spacial score (nSPS) is 13.0. The zero-order valence-electron chi connectivity index (χ0n) is 6.74. The van der Waals surface area contributed by atoms with Gasteiger partial charge >= 0.3 is 0 Å². The topological polar surface area (TPSA) is 17.1 Å². The van der Waals surface area contributed by atoms with Crippen LogP contribution in [0.4, 0.5) is 0 Å². The first-order valence-electron chi connectivity index (χ1n) is 3.88. The first-order valence-corrected chi connectivity index (χ1v) is 5.20. The van der Waals surface area contributed by atoms with Gasteiger partial charge in [0.05, 0.1) is 0 Å². The molecule has 0 saturated heterocycles. The quantitative estimate of drug-likeness (QED) is 0.549. The lowest BCUT2D eigenvalue weighted by atomic mass is 10.1. The van der Waals surface area contributed by atoms with Crippen molar-refractivity contribution in [3.63, 3.8) is 0 Å². The van der Waals surface area contributed by atoms with Crippen molar-refractivity contribution in [2.75, 3.05) is 0 Å². The standard InChI is InChI=1S/C10H7ClOS/c11-9(5-12)8-6-13-10-4-2-1-3-7(8)10/h1-6,9H. The lowest BCUT2D eigenvalue weighted by molar-refractivity contribution is -0.107. The van der Waals surface area contributed by atoms with Gasteiger partial charge in [-0.2, -0.15) is 0 Å². The summed E-state index contributed by atoms with van der Waals surface area (Å²) >= 11 is 7.46. The Morgan fingerprint density at radius 1 is 1.38 bits per heavy atom. The van der Waals surface area contributed by atoms with E-state index in [4.69, 9.17) is 11.6 Å². The zero-order chi connectivity index (χ0) is 9.26. The lowest BCUT2D eigenvalue weighted by Gasteiger charge is -1.98. The molecule has 1 aromatic heterocycles. The summed E-state index contributed by atoms with van der Waals surface area (Å²) in [7, 11) is 0. The van der Waals surface area contributed by atoms with Gasteiger partial charge in [-0.1, -0.05) is 18.2 Å². The van der Waals surface area contributed by atoms with E-state index in [0.29, 0.717) is 0 Å². The summed E-state index contributed by atoms with van der Waals surface area (Å²) in [5.74, 6) is 0. The average molecular weight is 211 g/mol. The molecule has 0 bridgehead atoms. The molecule has 1 atom stereocenters. The van der Waals surface area contributed by atoms with Crippen LogP contribution in [0.3, 0.4) is 0 Å². The minimum absolute atomic E-state index is 0.517. The van der Waals surface area contributed by atoms with Crippen molar-refractivity contribution in [1.82, 2.24) is 0 Å². The molecule has 2 aromatic rings. The van der Waals surface area contributed by atoms with Gasteiger partial charge in [0.1, 0.15) is 11.7 Å². The molecule has 0 aliphatic carbocycles. The molecule has 0 amide bonds. The number of benzene rings is 1. The molecule has 1 unspecified atom stereocenters. The van der Waals surface area contributed by atoms with E-state index in [1.54, 1.807) is 11.3 Å². The first kappa shape index (κ1) is 8.73. The van der Waals surface area contributed by atoms with E-state index in [9.17, 15) is 4.79 Å². The van der Waals surface area contributed by atoms with E-state index in [2.05, 4.69) is 0 Å². The van der Waals surface area contributed by atoms with Crippen LogP contribution < -0.4 is 0 Å². The van der Waals surface area contributed by atoms with E-state index in [-0.39, 0.29) is 0 Å². The molecule has 0 aliphatic rings. The molecule has 1 heterocycles. The Morgan fingerprint density at radius 3 is 2.92 bits per heavy atom. The molecule has 2 rings (SSSR count). The van der Waals surface area contributed by atoms with Gasteiger partial charge in [0.25, 0.3) is 0 Å². The van der Waals surface area contributed by atoms with Crippen LogP contribution >= 0.6 is 22.9 Å². The highest BCUT2D eigenvalue weighted by molar-refractivity contribution is 7.17. The van der Waals surface area contributed by atoms with E-state index < -0.39 is 5.38 Å².